The molecule has 0 saturated carbocycles. The summed E-state index contributed by atoms with van der Waals surface area (Å²) >= 11 is 0. The van der Waals surface area contributed by atoms with Crippen LogP contribution in [0, 0.1) is 10.1 Å². The molecule has 11 heavy (non-hydrogen) atoms. The molecular weight excluding hydrogens is 150 g/mol. The van der Waals surface area contributed by atoms with Gasteiger partial charge < -0.3 is 10.6 Å². The number of non-ortho nitro benzene ring substituents is 1. The number of nitro groups is 1. The first-order valence-electron chi connectivity index (χ1n) is 2.63. The topological polar surface area (TPSA) is 94.9 Å². The van der Waals surface area contributed by atoms with E-state index in [0.717, 1.165) is 0 Å². The number of rotatable bonds is 1. The van der Waals surface area contributed by atoms with Gasteiger partial charge in [0.25, 0.3) is 5.69 Å². The van der Waals surface area contributed by atoms with E-state index < -0.39 is 4.92 Å². The molecule has 0 spiro atoms. The molecule has 0 aromatic heterocycles. The minimum atomic E-state index is -0.514. The Bertz CT molecular complexity index is 243. The molecule has 0 unspecified atom stereocenters. The molecule has 0 saturated heterocycles. The number of phenolic OH excluding ortho intramolecular Hbond substituents is 1. The highest BCUT2D eigenvalue weighted by atomic mass is 16.6. The van der Waals surface area contributed by atoms with Crippen LogP contribution in [0.4, 0.5) is 5.69 Å². The van der Waals surface area contributed by atoms with E-state index in [2.05, 4.69) is 0 Å². The first-order valence-corrected chi connectivity index (χ1v) is 2.63. The Labute approximate surface area is 62.4 Å². The molecule has 0 bridgehead atoms. The van der Waals surface area contributed by atoms with Crippen molar-refractivity contribution in [2.75, 3.05) is 0 Å². The van der Waals surface area contributed by atoms with Crippen molar-refractivity contribution in [2.24, 2.45) is 0 Å². The van der Waals surface area contributed by atoms with Gasteiger partial charge in [0.05, 0.1) is 4.92 Å². The summed E-state index contributed by atoms with van der Waals surface area (Å²) in [5, 5.41) is 18.8. The smallest absolute Gasteiger partial charge is 0.269 e. The monoisotopic (exact) mass is 157 g/mol. The van der Waals surface area contributed by atoms with Gasteiger partial charge in [0.1, 0.15) is 5.75 Å². The number of benzene rings is 1. The molecule has 0 atom stereocenters. The Hall–Kier alpha value is -1.62. The van der Waals surface area contributed by atoms with Crippen LogP contribution in [0.25, 0.3) is 0 Å². The third-order valence-corrected chi connectivity index (χ3v) is 1.06. The van der Waals surface area contributed by atoms with Crippen molar-refractivity contribution in [3.63, 3.8) is 0 Å². The van der Waals surface area contributed by atoms with Crippen molar-refractivity contribution in [1.82, 2.24) is 0 Å². The van der Waals surface area contributed by atoms with Crippen molar-refractivity contribution in [3.05, 3.63) is 34.4 Å². The Morgan fingerprint density at radius 1 is 1.27 bits per heavy atom. The zero-order valence-corrected chi connectivity index (χ0v) is 5.52. The van der Waals surface area contributed by atoms with E-state index in [1.54, 1.807) is 0 Å². The van der Waals surface area contributed by atoms with Crippen LogP contribution < -0.4 is 0 Å². The fraction of sp³-hybridized carbons (Fsp3) is 0. The molecule has 5 heteroatoms. The molecule has 0 heterocycles. The van der Waals surface area contributed by atoms with Gasteiger partial charge in [0.2, 0.25) is 0 Å². The van der Waals surface area contributed by atoms with Crippen molar-refractivity contribution in [3.8, 4) is 5.75 Å². The highest BCUT2D eigenvalue weighted by Gasteiger charge is 2.01. The third kappa shape index (κ3) is 2.23. The Morgan fingerprint density at radius 2 is 1.73 bits per heavy atom. The summed E-state index contributed by atoms with van der Waals surface area (Å²) < 4.78 is 0. The van der Waals surface area contributed by atoms with Crippen molar-refractivity contribution >= 4 is 5.69 Å². The van der Waals surface area contributed by atoms with Crippen LogP contribution in [0.15, 0.2) is 24.3 Å². The van der Waals surface area contributed by atoms with Crippen LogP contribution in [0.5, 0.6) is 5.75 Å². The molecule has 1 aromatic rings. The fourth-order valence-electron chi connectivity index (χ4n) is 0.574. The van der Waals surface area contributed by atoms with Gasteiger partial charge in [-0.3, -0.25) is 10.1 Å². The van der Waals surface area contributed by atoms with Crippen molar-refractivity contribution < 1.29 is 15.5 Å². The molecule has 0 aliphatic heterocycles. The standard InChI is InChI=1S/C6H5NO3.H2O/c8-6-3-1-5(2-4-6)7(9)10;/h1-4,8H;1H2. The second-order valence-corrected chi connectivity index (χ2v) is 1.77. The zero-order valence-electron chi connectivity index (χ0n) is 5.52. The molecule has 1 rings (SSSR count). The van der Waals surface area contributed by atoms with E-state index in [4.69, 9.17) is 5.11 Å². The molecule has 0 aliphatic rings. The van der Waals surface area contributed by atoms with Crippen LogP contribution in [0.2, 0.25) is 0 Å². The third-order valence-electron chi connectivity index (χ3n) is 1.06. The number of hydrogen-bond donors (Lipinski definition) is 1. The Kier molecular flexibility index (Phi) is 3.01. The molecule has 0 radical (unpaired) electrons. The number of aromatic hydroxyl groups is 1. The quantitative estimate of drug-likeness (QED) is 0.474. The normalized spacial score (nSPS) is 8.36. The van der Waals surface area contributed by atoms with Crippen molar-refractivity contribution in [1.29, 1.82) is 0 Å². The minimum absolute atomic E-state index is 0. The summed E-state index contributed by atoms with van der Waals surface area (Å²) in [7, 11) is 0. The molecule has 1 aromatic carbocycles. The van der Waals surface area contributed by atoms with Gasteiger partial charge in [-0.05, 0) is 12.1 Å². The average molecular weight is 157 g/mol. The lowest BCUT2D eigenvalue weighted by molar-refractivity contribution is -0.384. The average Bonchev–Trinajstić information content (AvgIpc) is 1.88. The predicted molar refractivity (Wildman–Crippen MR) is 38.4 cm³/mol. The first-order chi connectivity index (χ1) is 4.70. The number of nitrogens with zero attached hydrogens (tertiary/aromatic N) is 1. The van der Waals surface area contributed by atoms with Crippen LogP contribution in [0.1, 0.15) is 0 Å². The van der Waals surface area contributed by atoms with Crippen molar-refractivity contribution in [2.45, 2.75) is 0 Å². The summed E-state index contributed by atoms with van der Waals surface area (Å²) in [6, 6.07) is 5.04. The van der Waals surface area contributed by atoms with Gasteiger partial charge in [-0.1, -0.05) is 0 Å². The van der Waals surface area contributed by atoms with Crippen LogP contribution in [0.3, 0.4) is 0 Å². The lowest BCUT2D eigenvalue weighted by Gasteiger charge is -1.89. The summed E-state index contributed by atoms with van der Waals surface area (Å²) in [6.07, 6.45) is 0. The molecule has 0 amide bonds. The first kappa shape index (κ1) is 9.38. The van der Waals surface area contributed by atoms with Crippen LogP contribution in [-0.4, -0.2) is 15.5 Å². The zero-order chi connectivity index (χ0) is 7.56. The van der Waals surface area contributed by atoms with E-state index in [0.29, 0.717) is 0 Å². The van der Waals surface area contributed by atoms with E-state index in [1.807, 2.05) is 0 Å². The van der Waals surface area contributed by atoms with E-state index in [9.17, 15) is 10.1 Å². The maximum Gasteiger partial charge on any atom is 0.269 e. The lowest BCUT2D eigenvalue weighted by Crippen LogP contribution is -1.85. The predicted octanol–water partition coefficient (Wildman–Crippen LogP) is 0.476. The van der Waals surface area contributed by atoms with Gasteiger partial charge in [-0.15, -0.1) is 0 Å². The van der Waals surface area contributed by atoms with Gasteiger partial charge in [0.15, 0.2) is 0 Å². The van der Waals surface area contributed by atoms with E-state index in [1.165, 1.54) is 24.3 Å². The number of nitro benzene ring substituents is 1. The van der Waals surface area contributed by atoms with Crippen LogP contribution in [-0.2, 0) is 0 Å². The second kappa shape index (κ2) is 3.52. The molecule has 0 fully saturated rings. The van der Waals surface area contributed by atoms with Crippen LogP contribution >= 0.6 is 0 Å². The highest BCUT2D eigenvalue weighted by Crippen LogP contribution is 2.14. The molecule has 5 nitrogen and oxygen atoms in total. The SMILES string of the molecule is O.O=[N+]([O-])c1ccc(O)cc1. The largest absolute Gasteiger partial charge is 0.508 e. The maximum absolute atomic E-state index is 10.0. The highest BCUT2D eigenvalue weighted by molar-refractivity contribution is 5.34. The summed E-state index contributed by atoms with van der Waals surface area (Å²) in [6.45, 7) is 0. The second-order valence-electron chi connectivity index (χ2n) is 1.77. The number of phenols is 1. The molecular formula is C6H7NO4. The van der Waals surface area contributed by atoms with Gasteiger partial charge in [-0.2, -0.15) is 0 Å². The summed E-state index contributed by atoms with van der Waals surface area (Å²) in [5.74, 6) is 0.0330. The Balaban J connectivity index is 0.000001000. The summed E-state index contributed by atoms with van der Waals surface area (Å²) in [4.78, 5) is 9.52. The fourth-order valence-corrected chi connectivity index (χ4v) is 0.574. The van der Waals surface area contributed by atoms with E-state index in [-0.39, 0.29) is 16.9 Å². The number of hydrogen-bond acceptors (Lipinski definition) is 3. The van der Waals surface area contributed by atoms with Gasteiger partial charge >= 0.3 is 0 Å². The Morgan fingerprint density at radius 3 is 2.09 bits per heavy atom. The molecule has 3 N–H and O–H groups in total. The maximum atomic E-state index is 10.0. The summed E-state index contributed by atoms with van der Waals surface area (Å²) in [5.41, 5.74) is -0.0159. The van der Waals surface area contributed by atoms with E-state index >= 15 is 0 Å². The molecule has 0 aliphatic carbocycles. The minimum Gasteiger partial charge on any atom is -0.508 e. The van der Waals surface area contributed by atoms with Gasteiger partial charge in [-0.25, -0.2) is 0 Å². The van der Waals surface area contributed by atoms with Gasteiger partial charge in [0, 0.05) is 12.1 Å². The lowest BCUT2D eigenvalue weighted by atomic mass is 10.3. The molecule has 60 valence electrons.